The zero-order chi connectivity index (χ0) is 36.8. The molecule has 10 aromatic rings. The largest absolute Gasteiger partial charge is 0.310 e. The summed E-state index contributed by atoms with van der Waals surface area (Å²) in [5.74, 6) is 0. The third kappa shape index (κ3) is 4.56. The Morgan fingerprint density at radius 3 is 1.21 bits per heavy atom. The summed E-state index contributed by atoms with van der Waals surface area (Å²) in [5.41, 5.74) is 17.7. The molecule has 2 aromatic heterocycles. The van der Waals surface area contributed by atoms with E-state index in [0.29, 0.717) is 0 Å². The quantitative estimate of drug-likeness (QED) is 0.175. The molecule has 2 aliphatic rings. The molecule has 1 spiro atoms. The van der Waals surface area contributed by atoms with Crippen LogP contribution in [0, 0.1) is 0 Å². The molecule has 0 saturated heterocycles. The van der Waals surface area contributed by atoms with Crippen LogP contribution in [0.1, 0.15) is 22.3 Å². The number of aromatic nitrogens is 2. The monoisotopic (exact) mass is 749 g/mol. The summed E-state index contributed by atoms with van der Waals surface area (Å²) in [4.78, 5) is 12.3. The Kier molecular flexibility index (Phi) is 6.88. The molecule has 0 aliphatic heterocycles. The first-order chi connectivity index (χ1) is 27.7. The van der Waals surface area contributed by atoms with Gasteiger partial charge in [0.05, 0.1) is 25.8 Å². The highest BCUT2D eigenvalue weighted by Gasteiger charge is 2.51. The predicted molar refractivity (Wildman–Crippen MR) is 235 cm³/mol. The molecule has 0 unspecified atom stereocenters. The Bertz CT molecular complexity index is 2910. The van der Waals surface area contributed by atoms with Crippen molar-refractivity contribution in [1.82, 2.24) is 9.97 Å². The zero-order valence-electron chi connectivity index (χ0n) is 30.1. The van der Waals surface area contributed by atoms with Gasteiger partial charge in [0.1, 0.15) is 10.0 Å². The van der Waals surface area contributed by atoms with Crippen molar-refractivity contribution in [3.05, 3.63) is 210 Å². The van der Waals surface area contributed by atoms with Crippen molar-refractivity contribution in [1.29, 1.82) is 0 Å². The van der Waals surface area contributed by atoms with Crippen LogP contribution in [0.15, 0.2) is 188 Å². The van der Waals surface area contributed by atoms with Crippen LogP contribution >= 0.6 is 22.7 Å². The molecule has 0 saturated carbocycles. The third-order valence-electron chi connectivity index (χ3n) is 11.6. The van der Waals surface area contributed by atoms with Gasteiger partial charge >= 0.3 is 0 Å². The van der Waals surface area contributed by atoms with Gasteiger partial charge in [0.15, 0.2) is 0 Å². The fourth-order valence-electron chi connectivity index (χ4n) is 9.17. The fraction of sp³-hybridized carbons (Fsp3) is 0.0196. The SMILES string of the molecule is c1ccc2c(c1)-c1ccccc1C21c2ccccc2-c2ccc(N(c3ccc(-c4nc5ccccc5s4)cc3)c3ccc(-c4nc5ccccc5s4)cc3)cc21. The lowest BCUT2D eigenvalue weighted by Crippen LogP contribution is -2.26. The Hall–Kier alpha value is -6.66. The maximum Gasteiger partial charge on any atom is 0.124 e. The van der Waals surface area contributed by atoms with Crippen LogP contribution in [0.25, 0.3) is 63.8 Å². The summed E-state index contributed by atoms with van der Waals surface area (Å²) in [6.45, 7) is 0. The van der Waals surface area contributed by atoms with Gasteiger partial charge in [-0.05, 0) is 129 Å². The molecule has 0 bridgehead atoms. The Morgan fingerprint density at radius 1 is 0.357 bits per heavy atom. The first-order valence-corrected chi connectivity index (χ1v) is 20.5. The van der Waals surface area contributed by atoms with Gasteiger partial charge in [0, 0.05) is 28.2 Å². The highest BCUT2D eigenvalue weighted by Crippen LogP contribution is 2.63. The van der Waals surface area contributed by atoms with Gasteiger partial charge in [-0.3, -0.25) is 0 Å². The molecule has 8 aromatic carbocycles. The van der Waals surface area contributed by atoms with E-state index in [-0.39, 0.29) is 0 Å². The Morgan fingerprint density at radius 2 is 0.750 bits per heavy atom. The molecule has 3 nitrogen and oxygen atoms in total. The lowest BCUT2D eigenvalue weighted by molar-refractivity contribution is 0.793. The van der Waals surface area contributed by atoms with Crippen LogP contribution in [0.5, 0.6) is 0 Å². The smallest absolute Gasteiger partial charge is 0.124 e. The number of anilines is 3. The van der Waals surface area contributed by atoms with E-state index in [0.717, 1.165) is 49.2 Å². The van der Waals surface area contributed by atoms with Crippen LogP contribution in [0.3, 0.4) is 0 Å². The van der Waals surface area contributed by atoms with E-state index in [1.165, 1.54) is 53.9 Å². The number of thiazole rings is 2. The van der Waals surface area contributed by atoms with Crippen molar-refractivity contribution < 1.29 is 0 Å². The van der Waals surface area contributed by atoms with Crippen LogP contribution in [-0.4, -0.2) is 9.97 Å². The lowest BCUT2D eigenvalue weighted by Gasteiger charge is -2.32. The normalized spacial score (nSPS) is 13.1. The van der Waals surface area contributed by atoms with Crippen molar-refractivity contribution in [2.24, 2.45) is 0 Å². The maximum absolute atomic E-state index is 4.96. The van der Waals surface area contributed by atoms with Crippen LogP contribution < -0.4 is 4.90 Å². The minimum atomic E-state index is -0.422. The molecule has 12 rings (SSSR count). The van der Waals surface area contributed by atoms with E-state index in [1.807, 2.05) is 0 Å². The summed E-state index contributed by atoms with van der Waals surface area (Å²) < 4.78 is 2.40. The molecular formula is C51H31N3S2. The summed E-state index contributed by atoms with van der Waals surface area (Å²) >= 11 is 3.47. The summed E-state index contributed by atoms with van der Waals surface area (Å²) in [5, 5.41) is 2.06. The first-order valence-electron chi connectivity index (χ1n) is 18.9. The molecular weight excluding hydrogens is 719 g/mol. The van der Waals surface area contributed by atoms with E-state index < -0.39 is 5.41 Å². The van der Waals surface area contributed by atoms with Crippen molar-refractivity contribution in [3.8, 4) is 43.4 Å². The highest BCUT2D eigenvalue weighted by molar-refractivity contribution is 7.22. The molecule has 262 valence electrons. The summed E-state index contributed by atoms with van der Waals surface area (Å²) in [7, 11) is 0. The molecule has 0 N–H and O–H groups in total. The molecule has 0 atom stereocenters. The number of rotatable bonds is 5. The number of benzene rings is 8. The molecule has 2 aliphatic carbocycles. The molecule has 56 heavy (non-hydrogen) atoms. The number of hydrogen-bond donors (Lipinski definition) is 0. The van der Waals surface area contributed by atoms with Crippen LogP contribution in [0.4, 0.5) is 17.1 Å². The van der Waals surface area contributed by atoms with Gasteiger partial charge in [-0.2, -0.15) is 0 Å². The zero-order valence-corrected chi connectivity index (χ0v) is 31.7. The number of nitrogens with zero attached hydrogens (tertiary/aromatic N) is 3. The second-order valence-corrected chi connectivity index (χ2v) is 16.6. The highest BCUT2D eigenvalue weighted by atomic mass is 32.1. The van der Waals surface area contributed by atoms with Crippen molar-refractivity contribution in [2.45, 2.75) is 5.41 Å². The molecule has 2 heterocycles. The molecule has 5 heteroatoms. The predicted octanol–water partition coefficient (Wildman–Crippen LogP) is 14.1. The lowest BCUT2D eigenvalue weighted by atomic mass is 9.70. The summed E-state index contributed by atoms with van der Waals surface area (Å²) in [6.07, 6.45) is 0. The van der Waals surface area contributed by atoms with Crippen molar-refractivity contribution in [3.63, 3.8) is 0 Å². The number of hydrogen-bond acceptors (Lipinski definition) is 5. The van der Waals surface area contributed by atoms with Crippen LogP contribution in [0.2, 0.25) is 0 Å². The van der Waals surface area contributed by atoms with Gasteiger partial charge in [0.2, 0.25) is 0 Å². The molecule has 0 radical (unpaired) electrons. The number of fused-ring (bicyclic) bond motifs is 12. The van der Waals surface area contributed by atoms with Gasteiger partial charge in [-0.1, -0.05) is 103 Å². The van der Waals surface area contributed by atoms with Gasteiger partial charge in [-0.25, -0.2) is 9.97 Å². The Balaban J connectivity index is 1.04. The maximum atomic E-state index is 4.96. The van der Waals surface area contributed by atoms with Gasteiger partial charge in [0.25, 0.3) is 0 Å². The summed E-state index contributed by atoms with van der Waals surface area (Å²) in [6, 6.07) is 68.6. The molecule has 0 amide bonds. The van der Waals surface area contributed by atoms with E-state index in [1.54, 1.807) is 22.7 Å². The average molecular weight is 750 g/mol. The van der Waals surface area contributed by atoms with Crippen molar-refractivity contribution in [2.75, 3.05) is 4.90 Å². The minimum absolute atomic E-state index is 0.422. The van der Waals surface area contributed by atoms with E-state index >= 15 is 0 Å². The van der Waals surface area contributed by atoms with Gasteiger partial charge in [-0.15, -0.1) is 22.7 Å². The van der Waals surface area contributed by atoms with Gasteiger partial charge < -0.3 is 4.90 Å². The topological polar surface area (TPSA) is 29.0 Å². The standard InChI is InChI=1S/C51H31N3S2/c1-4-14-41-37(11-1)38-12-2-5-15-42(38)51(41)43-16-6-3-13-39(43)40-30-29-36(31-44(40)51)54(34-25-21-32(22-26-34)49-52-45-17-7-9-19-47(45)55-49)35-27-23-33(24-28-35)50-53-46-18-8-10-20-48(46)56-50/h1-31H. The van der Waals surface area contributed by atoms with E-state index in [9.17, 15) is 0 Å². The number of para-hydroxylation sites is 2. The minimum Gasteiger partial charge on any atom is -0.310 e. The second-order valence-electron chi connectivity index (χ2n) is 14.5. The van der Waals surface area contributed by atoms with E-state index in [2.05, 4.69) is 193 Å². The van der Waals surface area contributed by atoms with E-state index in [4.69, 9.17) is 9.97 Å². The molecule has 0 fully saturated rings. The van der Waals surface area contributed by atoms with Crippen molar-refractivity contribution >= 4 is 60.2 Å². The third-order valence-corrected chi connectivity index (χ3v) is 13.7. The first kappa shape index (κ1) is 31.7. The second kappa shape index (κ2) is 12.2. The Labute approximate surface area is 332 Å². The fourth-order valence-corrected chi connectivity index (χ4v) is 11.1. The average Bonchev–Trinajstić information content (AvgIpc) is 4.03. The van der Waals surface area contributed by atoms with Crippen LogP contribution in [-0.2, 0) is 5.41 Å².